The molecular formula is C18H19FO2. The van der Waals surface area contributed by atoms with Crippen molar-refractivity contribution in [2.24, 2.45) is 0 Å². The molecule has 2 aromatic carbocycles. The summed E-state index contributed by atoms with van der Waals surface area (Å²) in [6.07, 6.45) is 2.06. The number of halogens is 1. The van der Waals surface area contributed by atoms with Crippen LogP contribution in [-0.4, -0.2) is 5.78 Å². The molecule has 0 unspecified atom stereocenters. The van der Waals surface area contributed by atoms with E-state index in [1.54, 1.807) is 6.07 Å². The number of hydrogen-bond donors (Lipinski definition) is 0. The molecule has 2 rings (SSSR count). The number of benzene rings is 2. The SMILES string of the molecule is CCCCC(=O)c1cc(OCc2ccccc2)ccc1F. The molecule has 0 fully saturated rings. The van der Waals surface area contributed by atoms with Crippen molar-refractivity contribution in [2.75, 3.05) is 0 Å². The van der Waals surface area contributed by atoms with Crippen molar-refractivity contribution >= 4 is 5.78 Å². The van der Waals surface area contributed by atoms with Gasteiger partial charge in [0, 0.05) is 6.42 Å². The standard InChI is InChI=1S/C18H19FO2/c1-2-3-9-18(20)16-12-15(10-11-17(16)19)21-13-14-7-5-4-6-8-14/h4-8,10-12H,2-3,9,13H2,1H3. The van der Waals surface area contributed by atoms with Gasteiger partial charge in [0.05, 0.1) is 5.56 Å². The highest BCUT2D eigenvalue weighted by Gasteiger charge is 2.12. The van der Waals surface area contributed by atoms with Gasteiger partial charge in [0.2, 0.25) is 0 Å². The second-order valence-electron chi connectivity index (χ2n) is 4.94. The molecular weight excluding hydrogens is 267 g/mol. The van der Waals surface area contributed by atoms with Gasteiger partial charge in [-0.05, 0) is 30.2 Å². The molecule has 0 heterocycles. The van der Waals surface area contributed by atoms with Crippen LogP contribution in [0.1, 0.15) is 42.1 Å². The average Bonchev–Trinajstić information content (AvgIpc) is 2.52. The van der Waals surface area contributed by atoms with Crippen LogP contribution in [0.15, 0.2) is 48.5 Å². The minimum atomic E-state index is -0.483. The molecule has 0 aliphatic heterocycles. The maximum absolute atomic E-state index is 13.7. The van der Waals surface area contributed by atoms with Crippen LogP contribution < -0.4 is 4.74 Å². The van der Waals surface area contributed by atoms with Gasteiger partial charge >= 0.3 is 0 Å². The molecule has 0 amide bonds. The molecule has 0 saturated heterocycles. The van der Waals surface area contributed by atoms with Gasteiger partial charge in [-0.25, -0.2) is 4.39 Å². The van der Waals surface area contributed by atoms with Crippen LogP contribution in [0.5, 0.6) is 5.75 Å². The highest BCUT2D eigenvalue weighted by Crippen LogP contribution is 2.20. The van der Waals surface area contributed by atoms with E-state index in [0.29, 0.717) is 18.8 Å². The molecule has 3 heteroatoms. The van der Waals surface area contributed by atoms with Crippen LogP contribution in [0, 0.1) is 5.82 Å². The first-order valence-corrected chi connectivity index (χ1v) is 7.20. The van der Waals surface area contributed by atoms with Crippen molar-refractivity contribution in [3.63, 3.8) is 0 Å². The van der Waals surface area contributed by atoms with Gasteiger partial charge in [-0.2, -0.15) is 0 Å². The number of ketones is 1. The third-order valence-electron chi connectivity index (χ3n) is 3.24. The van der Waals surface area contributed by atoms with E-state index < -0.39 is 5.82 Å². The highest BCUT2D eigenvalue weighted by atomic mass is 19.1. The summed E-state index contributed by atoms with van der Waals surface area (Å²) in [6.45, 7) is 2.40. The van der Waals surface area contributed by atoms with E-state index in [1.807, 2.05) is 37.3 Å². The fourth-order valence-electron chi connectivity index (χ4n) is 2.02. The van der Waals surface area contributed by atoms with Gasteiger partial charge < -0.3 is 4.74 Å². The Morgan fingerprint density at radius 1 is 1.14 bits per heavy atom. The van der Waals surface area contributed by atoms with Gasteiger partial charge in [0.25, 0.3) is 0 Å². The molecule has 2 nitrogen and oxygen atoms in total. The van der Waals surface area contributed by atoms with E-state index in [0.717, 1.165) is 18.4 Å². The molecule has 0 aliphatic carbocycles. The summed E-state index contributed by atoms with van der Waals surface area (Å²) >= 11 is 0. The van der Waals surface area contributed by atoms with Gasteiger partial charge in [-0.1, -0.05) is 43.7 Å². The molecule has 0 atom stereocenters. The lowest BCUT2D eigenvalue weighted by Gasteiger charge is -2.09. The maximum Gasteiger partial charge on any atom is 0.165 e. The Hall–Kier alpha value is -2.16. The predicted molar refractivity (Wildman–Crippen MR) is 81.0 cm³/mol. The summed E-state index contributed by atoms with van der Waals surface area (Å²) in [7, 11) is 0. The molecule has 2 aromatic rings. The van der Waals surface area contributed by atoms with Crippen molar-refractivity contribution in [3.05, 3.63) is 65.5 Å². The van der Waals surface area contributed by atoms with Crippen LogP contribution in [0.3, 0.4) is 0 Å². The Morgan fingerprint density at radius 2 is 1.90 bits per heavy atom. The van der Waals surface area contributed by atoms with E-state index in [2.05, 4.69) is 0 Å². The van der Waals surface area contributed by atoms with Crippen LogP contribution in [0.25, 0.3) is 0 Å². The summed E-state index contributed by atoms with van der Waals surface area (Å²) in [5.74, 6) is -0.136. The first kappa shape index (κ1) is 15.2. The van der Waals surface area contributed by atoms with Gasteiger partial charge in [0.1, 0.15) is 18.2 Å². The maximum atomic E-state index is 13.7. The summed E-state index contributed by atoms with van der Waals surface area (Å²) in [6, 6.07) is 14.1. The lowest BCUT2D eigenvalue weighted by Crippen LogP contribution is -2.03. The molecule has 0 bridgehead atoms. The average molecular weight is 286 g/mol. The lowest BCUT2D eigenvalue weighted by atomic mass is 10.0. The zero-order valence-corrected chi connectivity index (χ0v) is 12.1. The fourth-order valence-corrected chi connectivity index (χ4v) is 2.02. The van der Waals surface area contributed by atoms with Gasteiger partial charge in [0.15, 0.2) is 5.78 Å². The summed E-state index contributed by atoms with van der Waals surface area (Å²) in [5, 5.41) is 0. The number of Topliss-reactive ketones (excluding diaryl/α,β-unsaturated/α-hetero) is 1. The van der Waals surface area contributed by atoms with Crippen LogP contribution in [0.2, 0.25) is 0 Å². The lowest BCUT2D eigenvalue weighted by molar-refractivity contribution is 0.0975. The Morgan fingerprint density at radius 3 is 2.62 bits per heavy atom. The number of carbonyl (C=O) groups is 1. The van der Waals surface area contributed by atoms with Crippen molar-refractivity contribution in [1.82, 2.24) is 0 Å². The fraction of sp³-hybridized carbons (Fsp3) is 0.278. The van der Waals surface area contributed by atoms with E-state index in [9.17, 15) is 9.18 Å². The third kappa shape index (κ3) is 4.42. The number of rotatable bonds is 7. The molecule has 0 spiro atoms. The third-order valence-corrected chi connectivity index (χ3v) is 3.24. The Kier molecular flexibility index (Phi) is 5.50. The molecule has 0 aliphatic rings. The van der Waals surface area contributed by atoms with E-state index >= 15 is 0 Å². The Labute approximate surface area is 124 Å². The summed E-state index contributed by atoms with van der Waals surface area (Å²) < 4.78 is 19.4. The second kappa shape index (κ2) is 7.58. The zero-order chi connectivity index (χ0) is 15.1. The molecule has 0 saturated carbocycles. The first-order chi connectivity index (χ1) is 10.2. The number of hydrogen-bond acceptors (Lipinski definition) is 2. The summed E-state index contributed by atoms with van der Waals surface area (Å²) in [5.41, 5.74) is 1.15. The normalized spacial score (nSPS) is 10.4. The van der Waals surface area contributed by atoms with Crippen molar-refractivity contribution < 1.29 is 13.9 Å². The number of unbranched alkanes of at least 4 members (excludes halogenated alkanes) is 1. The monoisotopic (exact) mass is 286 g/mol. The smallest absolute Gasteiger partial charge is 0.165 e. The highest BCUT2D eigenvalue weighted by molar-refractivity contribution is 5.96. The van der Waals surface area contributed by atoms with Crippen LogP contribution >= 0.6 is 0 Å². The van der Waals surface area contributed by atoms with Gasteiger partial charge in [-0.3, -0.25) is 4.79 Å². The van der Waals surface area contributed by atoms with E-state index in [4.69, 9.17) is 4.74 Å². The van der Waals surface area contributed by atoms with Crippen molar-refractivity contribution in [2.45, 2.75) is 32.8 Å². The van der Waals surface area contributed by atoms with Gasteiger partial charge in [-0.15, -0.1) is 0 Å². The predicted octanol–water partition coefficient (Wildman–Crippen LogP) is 4.78. The largest absolute Gasteiger partial charge is 0.489 e. The molecule has 21 heavy (non-hydrogen) atoms. The number of carbonyl (C=O) groups excluding carboxylic acids is 1. The quantitative estimate of drug-likeness (QED) is 0.685. The van der Waals surface area contributed by atoms with Crippen molar-refractivity contribution in [3.8, 4) is 5.75 Å². The molecule has 0 radical (unpaired) electrons. The molecule has 0 N–H and O–H groups in total. The van der Waals surface area contributed by atoms with Crippen LogP contribution in [0.4, 0.5) is 4.39 Å². The van der Waals surface area contributed by atoms with E-state index in [1.165, 1.54) is 12.1 Å². The number of ether oxygens (including phenoxy) is 1. The minimum Gasteiger partial charge on any atom is -0.489 e. The minimum absolute atomic E-state index is 0.119. The van der Waals surface area contributed by atoms with E-state index in [-0.39, 0.29) is 11.3 Å². The Bertz CT molecular complexity index is 593. The Balaban J connectivity index is 2.06. The van der Waals surface area contributed by atoms with Crippen molar-refractivity contribution in [1.29, 1.82) is 0 Å². The molecule has 110 valence electrons. The first-order valence-electron chi connectivity index (χ1n) is 7.20. The second-order valence-corrected chi connectivity index (χ2v) is 4.94. The summed E-state index contributed by atoms with van der Waals surface area (Å²) in [4.78, 5) is 12.0. The topological polar surface area (TPSA) is 26.3 Å². The molecule has 0 aromatic heterocycles. The zero-order valence-electron chi connectivity index (χ0n) is 12.1. The van der Waals surface area contributed by atoms with Crippen LogP contribution in [-0.2, 0) is 6.61 Å².